The number of hydrogen-bond acceptors (Lipinski definition) is 5. The standard InChI is InChI=1S/C27H24N2O4S/c1-18-6-5-8-21(14-18)17-33-22-12-10-20(11-13-22)15-24-26(31)29(27(32)34-24)16-25(30)28-23-9-4-3-7-19(23)2/h3-15H,16-17H2,1-2H3,(H,28,30)/b24-15+. The van der Waals surface area contributed by atoms with Crippen LogP contribution in [0.1, 0.15) is 22.3 Å². The zero-order chi connectivity index (χ0) is 24.1. The Morgan fingerprint density at radius 2 is 1.76 bits per heavy atom. The van der Waals surface area contributed by atoms with Gasteiger partial charge >= 0.3 is 0 Å². The van der Waals surface area contributed by atoms with E-state index >= 15 is 0 Å². The van der Waals surface area contributed by atoms with E-state index in [4.69, 9.17) is 4.74 Å². The molecule has 1 N–H and O–H groups in total. The molecule has 3 aromatic carbocycles. The molecule has 0 aromatic heterocycles. The molecule has 3 amide bonds. The van der Waals surface area contributed by atoms with Crippen molar-refractivity contribution < 1.29 is 19.1 Å². The minimum Gasteiger partial charge on any atom is -0.489 e. The van der Waals surface area contributed by atoms with E-state index in [9.17, 15) is 14.4 Å². The van der Waals surface area contributed by atoms with Gasteiger partial charge in [0.15, 0.2) is 0 Å². The van der Waals surface area contributed by atoms with Crippen LogP contribution in [0.3, 0.4) is 0 Å². The summed E-state index contributed by atoms with van der Waals surface area (Å²) in [7, 11) is 0. The first kappa shape index (κ1) is 23.3. The van der Waals surface area contributed by atoms with E-state index in [0.717, 1.165) is 33.4 Å². The molecule has 3 aromatic rings. The third kappa shape index (κ3) is 5.74. The first-order valence-corrected chi connectivity index (χ1v) is 11.6. The van der Waals surface area contributed by atoms with E-state index in [-0.39, 0.29) is 11.4 Å². The van der Waals surface area contributed by atoms with Gasteiger partial charge in [0, 0.05) is 5.69 Å². The topological polar surface area (TPSA) is 75.7 Å². The number of para-hydroxylation sites is 1. The summed E-state index contributed by atoms with van der Waals surface area (Å²) in [6.07, 6.45) is 1.65. The van der Waals surface area contributed by atoms with Crippen molar-refractivity contribution in [2.45, 2.75) is 20.5 Å². The molecule has 7 heteroatoms. The summed E-state index contributed by atoms with van der Waals surface area (Å²) in [5.41, 5.74) is 4.58. The van der Waals surface area contributed by atoms with Crippen LogP contribution in [0.5, 0.6) is 5.75 Å². The van der Waals surface area contributed by atoms with Crippen molar-refractivity contribution in [1.29, 1.82) is 0 Å². The smallest absolute Gasteiger partial charge is 0.294 e. The van der Waals surface area contributed by atoms with Gasteiger partial charge in [0.05, 0.1) is 4.91 Å². The molecular formula is C27H24N2O4S. The zero-order valence-corrected chi connectivity index (χ0v) is 19.7. The Labute approximate surface area is 202 Å². The van der Waals surface area contributed by atoms with Crippen LogP contribution in [0.2, 0.25) is 0 Å². The number of rotatable bonds is 7. The van der Waals surface area contributed by atoms with E-state index in [1.54, 1.807) is 12.1 Å². The Hall–Kier alpha value is -3.84. The maximum absolute atomic E-state index is 12.7. The van der Waals surface area contributed by atoms with Crippen molar-refractivity contribution in [1.82, 2.24) is 4.90 Å². The molecule has 0 saturated carbocycles. The largest absolute Gasteiger partial charge is 0.489 e. The lowest BCUT2D eigenvalue weighted by atomic mass is 10.1. The quantitative estimate of drug-likeness (QED) is 0.456. The van der Waals surface area contributed by atoms with E-state index in [1.165, 1.54) is 5.56 Å². The number of carbonyl (C=O) groups is 3. The van der Waals surface area contributed by atoms with E-state index in [1.807, 2.05) is 74.5 Å². The fourth-order valence-electron chi connectivity index (χ4n) is 3.46. The molecule has 1 fully saturated rings. The van der Waals surface area contributed by atoms with Gasteiger partial charge in [-0.15, -0.1) is 0 Å². The lowest BCUT2D eigenvalue weighted by Gasteiger charge is -2.13. The SMILES string of the molecule is Cc1cccc(COc2ccc(/C=C3/SC(=O)N(CC(=O)Nc4ccccc4C)C3=O)cc2)c1. The highest BCUT2D eigenvalue weighted by Gasteiger charge is 2.36. The Morgan fingerprint density at radius 3 is 2.50 bits per heavy atom. The molecule has 34 heavy (non-hydrogen) atoms. The highest BCUT2D eigenvalue weighted by molar-refractivity contribution is 8.18. The third-order valence-electron chi connectivity index (χ3n) is 5.26. The van der Waals surface area contributed by atoms with Crippen molar-refractivity contribution in [3.05, 3.63) is 100.0 Å². The summed E-state index contributed by atoms with van der Waals surface area (Å²) in [5, 5.41) is 2.28. The summed E-state index contributed by atoms with van der Waals surface area (Å²) in [6, 6.07) is 22.7. The normalized spacial score (nSPS) is 14.5. The van der Waals surface area contributed by atoms with Crippen LogP contribution < -0.4 is 10.1 Å². The second-order valence-electron chi connectivity index (χ2n) is 7.98. The highest BCUT2D eigenvalue weighted by atomic mass is 32.2. The maximum Gasteiger partial charge on any atom is 0.294 e. The number of anilines is 1. The van der Waals surface area contributed by atoms with Gasteiger partial charge in [0.1, 0.15) is 18.9 Å². The van der Waals surface area contributed by atoms with Crippen LogP contribution in [0, 0.1) is 13.8 Å². The van der Waals surface area contributed by atoms with Crippen LogP contribution in [0.15, 0.2) is 77.7 Å². The fraction of sp³-hybridized carbons (Fsp3) is 0.148. The molecule has 0 spiro atoms. The average molecular weight is 473 g/mol. The summed E-state index contributed by atoms with van der Waals surface area (Å²) in [5.74, 6) is -0.192. The second kappa shape index (κ2) is 10.4. The summed E-state index contributed by atoms with van der Waals surface area (Å²) in [4.78, 5) is 38.7. The molecule has 172 valence electrons. The number of thioether (sulfide) groups is 1. The molecule has 0 aliphatic carbocycles. The predicted octanol–water partition coefficient (Wildman–Crippen LogP) is 5.56. The Bertz CT molecular complexity index is 1270. The van der Waals surface area contributed by atoms with Crippen LogP contribution in [-0.4, -0.2) is 28.5 Å². The van der Waals surface area contributed by atoms with Gasteiger partial charge in [0.25, 0.3) is 11.1 Å². The van der Waals surface area contributed by atoms with Crippen molar-refractivity contribution in [2.75, 3.05) is 11.9 Å². The number of imide groups is 1. The molecule has 1 aliphatic heterocycles. The van der Waals surface area contributed by atoms with Gasteiger partial charge in [-0.2, -0.15) is 0 Å². The van der Waals surface area contributed by atoms with E-state index < -0.39 is 17.1 Å². The van der Waals surface area contributed by atoms with E-state index in [2.05, 4.69) is 11.4 Å². The molecule has 1 heterocycles. The monoisotopic (exact) mass is 472 g/mol. The Kier molecular flexibility index (Phi) is 7.13. The number of hydrogen-bond donors (Lipinski definition) is 1. The van der Waals surface area contributed by atoms with Gasteiger partial charge in [-0.05, 0) is 66.6 Å². The molecular weight excluding hydrogens is 448 g/mol. The average Bonchev–Trinajstić information content (AvgIpc) is 3.07. The zero-order valence-electron chi connectivity index (χ0n) is 18.9. The molecule has 1 saturated heterocycles. The van der Waals surface area contributed by atoms with Gasteiger partial charge in [0.2, 0.25) is 5.91 Å². The minimum atomic E-state index is -0.477. The molecule has 4 rings (SSSR count). The van der Waals surface area contributed by atoms with Crippen molar-refractivity contribution in [2.24, 2.45) is 0 Å². The van der Waals surface area contributed by atoms with E-state index in [0.29, 0.717) is 18.0 Å². The predicted molar refractivity (Wildman–Crippen MR) is 134 cm³/mol. The first-order chi connectivity index (χ1) is 16.4. The molecule has 0 atom stereocenters. The van der Waals surface area contributed by atoms with Crippen molar-refractivity contribution >= 4 is 40.6 Å². The van der Waals surface area contributed by atoms with Crippen LogP contribution in [-0.2, 0) is 16.2 Å². The minimum absolute atomic E-state index is 0.280. The van der Waals surface area contributed by atoms with Crippen LogP contribution >= 0.6 is 11.8 Å². The van der Waals surface area contributed by atoms with Gasteiger partial charge in [-0.25, -0.2) is 0 Å². The molecule has 0 radical (unpaired) electrons. The first-order valence-electron chi connectivity index (χ1n) is 10.8. The summed E-state index contributed by atoms with van der Waals surface area (Å²) >= 11 is 0.828. The van der Waals surface area contributed by atoms with Gasteiger partial charge in [-0.3, -0.25) is 19.3 Å². The van der Waals surface area contributed by atoms with Crippen LogP contribution in [0.4, 0.5) is 10.5 Å². The van der Waals surface area contributed by atoms with Crippen molar-refractivity contribution in [3.8, 4) is 5.75 Å². The molecule has 0 unspecified atom stereocenters. The molecule has 0 bridgehead atoms. The third-order valence-corrected chi connectivity index (χ3v) is 6.17. The highest BCUT2D eigenvalue weighted by Crippen LogP contribution is 2.32. The number of amides is 3. The van der Waals surface area contributed by atoms with Gasteiger partial charge in [-0.1, -0.05) is 60.2 Å². The number of aryl methyl sites for hydroxylation is 2. The van der Waals surface area contributed by atoms with Crippen molar-refractivity contribution in [3.63, 3.8) is 0 Å². The number of carbonyl (C=O) groups excluding carboxylic acids is 3. The fourth-order valence-corrected chi connectivity index (χ4v) is 4.30. The molecule has 6 nitrogen and oxygen atoms in total. The molecule has 1 aliphatic rings. The lowest BCUT2D eigenvalue weighted by molar-refractivity contribution is -0.127. The van der Waals surface area contributed by atoms with Crippen LogP contribution in [0.25, 0.3) is 6.08 Å². The second-order valence-corrected chi connectivity index (χ2v) is 8.97. The maximum atomic E-state index is 12.7. The summed E-state index contributed by atoms with van der Waals surface area (Å²) < 4.78 is 5.83. The number of nitrogens with one attached hydrogen (secondary N) is 1. The van der Waals surface area contributed by atoms with Gasteiger partial charge < -0.3 is 10.1 Å². The lowest BCUT2D eigenvalue weighted by Crippen LogP contribution is -2.36. The summed E-state index contributed by atoms with van der Waals surface area (Å²) in [6.45, 7) is 4.04. The number of nitrogens with zero attached hydrogens (tertiary/aromatic N) is 1. The number of benzene rings is 3. The Morgan fingerprint density at radius 1 is 1.00 bits per heavy atom. The number of ether oxygens (including phenoxy) is 1. The Balaban J connectivity index is 1.36.